The molecule has 1 aliphatic rings. The van der Waals surface area contributed by atoms with E-state index in [1.165, 1.54) is 6.07 Å². The lowest BCUT2D eigenvalue weighted by molar-refractivity contribution is 0.0664. The van der Waals surface area contributed by atoms with Crippen molar-refractivity contribution in [2.24, 2.45) is 0 Å². The van der Waals surface area contributed by atoms with E-state index in [0.29, 0.717) is 0 Å². The molecule has 1 fully saturated rings. The Labute approximate surface area is 121 Å². The third-order valence-corrected chi connectivity index (χ3v) is 3.71. The van der Waals surface area contributed by atoms with Gasteiger partial charge in [0.1, 0.15) is 5.82 Å². The molecule has 0 amide bonds. The maximum atomic E-state index is 14.0. The van der Waals surface area contributed by atoms with Crippen molar-refractivity contribution in [3.8, 4) is 0 Å². The molecule has 1 aromatic carbocycles. The summed E-state index contributed by atoms with van der Waals surface area (Å²) < 4.78 is 19.7. The molecule has 0 bridgehead atoms. The van der Waals surface area contributed by atoms with Gasteiger partial charge in [-0.2, -0.15) is 0 Å². The minimum absolute atomic E-state index is 0.0338. The second-order valence-corrected chi connectivity index (χ2v) is 5.43. The summed E-state index contributed by atoms with van der Waals surface area (Å²) in [6.45, 7) is 8.56. The molecule has 1 heterocycles. The van der Waals surface area contributed by atoms with Gasteiger partial charge in [-0.05, 0) is 26.0 Å². The topological polar surface area (TPSA) is 24.5 Å². The number of benzene rings is 1. The number of ether oxygens (including phenoxy) is 1. The summed E-state index contributed by atoms with van der Waals surface area (Å²) in [7, 11) is 0. The van der Waals surface area contributed by atoms with Crippen molar-refractivity contribution < 1.29 is 9.13 Å². The molecule has 2 atom stereocenters. The molecule has 4 heteroatoms. The molecule has 2 rings (SSSR count). The quantitative estimate of drug-likeness (QED) is 0.897. The SMILES string of the molecule is CCNC(CN1CCCOC(C)C1)c1ccccc1F. The van der Waals surface area contributed by atoms with Crippen LogP contribution in [0.1, 0.15) is 31.9 Å². The first kappa shape index (κ1) is 15.4. The molecule has 3 nitrogen and oxygen atoms in total. The summed E-state index contributed by atoms with van der Waals surface area (Å²) in [4.78, 5) is 2.37. The van der Waals surface area contributed by atoms with Crippen LogP contribution < -0.4 is 5.32 Å². The first-order valence-electron chi connectivity index (χ1n) is 7.52. The van der Waals surface area contributed by atoms with Crippen molar-refractivity contribution >= 4 is 0 Å². The van der Waals surface area contributed by atoms with Crippen molar-refractivity contribution in [3.05, 3.63) is 35.6 Å². The predicted molar refractivity (Wildman–Crippen MR) is 79.3 cm³/mol. The lowest BCUT2D eigenvalue weighted by Gasteiger charge is -2.28. The highest BCUT2D eigenvalue weighted by Crippen LogP contribution is 2.19. The van der Waals surface area contributed by atoms with Crippen LogP contribution in [0.5, 0.6) is 0 Å². The fourth-order valence-electron chi connectivity index (χ4n) is 2.78. The maximum absolute atomic E-state index is 14.0. The van der Waals surface area contributed by atoms with Crippen molar-refractivity contribution in [1.29, 1.82) is 0 Å². The smallest absolute Gasteiger partial charge is 0.128 e. The summed E-state index contributed by atoms with van der Waals surface area (Å²) >= 11 is 0. The molecule has 20 heavy (non-hydrogen) atoms. The van der Waals surface area contributed by atoms with E-state index in [9.17, 15) is 4.39 Å². The number of likely N-dealkylation sites (N-methyl/N-ethyl adjacent to an activating group) is 1. The van der Waals surface area contributed by atoms with Gasteiger partial charge in [0.15, 0.2) is 0 Å². The largest absolute Gasteiger partial charge is 0.377 e. The van der Waals surface area contributed by atoms with E-state index in [4.69, 9.17) is 4.74 Å². The average molecular weight is 280 g/mol. The van der Waals surface area contributed by atoms with Gasteiger partial charge in [-0.15, -0.1) is 0 Å². The number of nitrogens with zero attached hydrogens (tertiary/aromatic N) is 1. The van der Waals surface area contributed by atoms with Crippen LogP contribution in [0, 0.1) is 5.82 Å². The van der Waals surface area contributed by atoms with Crippen molar-refractivity contribution in [3.63, 3.8) is 0 Å². The first-order valence-corrected chi connectivity index (χ1v) is 7.52. The molecule has 1 saturated heterocycles. The summed E-state index contributed by atoms with van der Waals surface area (Å²) in [5.41, 5.74) is 0.757. The van der Waals surface area contributed by atoms with Crippen molar-refractivity contribution in [2.45, 2.75) is 32.4 Å². The first-order chi connectivity index (χ1) is 9.70. The van der Waals surface area contributed by atoms with E-state index in [-0.39, 0.29) is 18.0 Å². The molecule has 1 N–H and O–H groups in total. The monoisotopic (exact) mass is 280 g/mol. The van der Waals surface area contributed by atoms with Gasteiger partial charge < -0.3 is 10.1 Å². The van der Waals surface area contributed by atoms with Crippen LogP contribution in [0.3, 0.4) is 0 Å². The molecule has 0 aliphatic carbocycles. The molecule has 0 aromatic heterocycles. The molecular formula is C16H25FN2O. The fourth-order valence-corrected chi connectivity index (χ4v) is 2.78. The van der Waals surface area contributed by atoms with E-state index in [2.05, 4.69) is 24.1 Å². The Bertz CT molecular complexity index is 413. The highest BCUT2D eigenvalue weighted by Gasteiger charge is 2.21. The Balaban J connectivity index is 2.07. The molecule has 2 unspecified atom stereocenters. The molecular weight excluding hydrogens is 255 g/mol. The van der Waals surface area contributed by atoms with Crippen LogP contribution in [-0.2, 0) is 4.74 Å². The summed E-state index contributed by atoms with van der Waals surface area (Å²) in [5, 5.41) is 3.40. The van der Waals surface area contributed by atoms with Gasteiger partial charge in [-0.25, -0.2) is 4.39 Å². The standard InChI is InChI=1S/C16H25FN2O/c1-3-18-16(14-7-4-5-8-15(14)17)12-19-9-6-10-20-13(2)11-19/h4-5,7-8,13,16,18H,3,6,9-12H2,1-2H3. The fraction of sp³-hybridized carbons (Fsp3) is 0.625. The van der Waals surface area contributed by atoms with Gasteiger partial charge in [-0.3, -0.25) is 4.90 Å². The van der Waals surface area contributed by atoms with Crippen LogP contribution in [0.15, 0.2) is 24.3 Å². The van der Waals surface area contributed by atoms with Gasteiger partial charge in [0.05, 0.1) is 6.10 Å². The number of halogens is 1. The van der Waals surface area contributed by atoms with E-state index in [0.717, 1.165) is 44.8 Å². The highest BCUT2D eigenvalue weighted by molar-refractivity contribution is 5.21. The predicted octanol–water partition coefficient (Wildman–Crippen LogP) is 2.59. The third-order valence-electron chi connectivity index (χ3n) is 3.71. The number of hydrogen-bond donors (Lipinski definition) is 1. The second kappa shape index (κ2) is 7.72. The Morgan fingerprint density at radius 3 is 3.00 bits per heavy atom. The zero-order valence-electron chi connectivity index (χ0n) is 12.4. The van der Waals surface area contributed by atoms with Crippen molar-refractivity contribution in [2.75, 3.05) is 32.8 Å². The zero-order chi connectivity index (χ0) is 14.4. The third kappa shape index (κ3) is 4.27. The molecule has 1 aliphatic heterocycles. The lowest BCUT2D eigenvalue weighted by Crippen LogP contribution is -2.38. The van der Waals surface area contributed by atoms with Gasteiger partial charge in [-0.1, -0.05) is 25.1 Å². The Hall–Kier alpha value is -0.970. The summed E-state index contributed by atoms with van der Waals surface area (Å²) in [5.74, 6) is -0.127. The van der Waals surface area contributed by atoms with Gasteiger partial charge in [0.25, 0.3) is 0 Å². The molecule has 0 spiro atoms. The maximum Gasteiger partial charge on any atom is 0.128 e. The van der Waals surface area contributed by atoms with Gasteiger partial charge in [0.2, 0.25) is 0 Å². The van der Waals surface area contributed by atoms with E-state index < -0.39 is 0 Å². The summed E-state index contributed by atoms with van der Waals surface area (Å²) in [6.07, 6.45) is 1.29. The van der Waals surface area contributed by atoms with E-state index in [1.54, 1.807) is 6.07 Å². The summed E-state index contributed by atoms with van der Waals surface area (Å²) in [6, 6.07) is 7.08. The average Bonchev–Trinajstić information content (AvgIpc) is 2.63. The minimum atomic E-state index is -0.127. The second-order valence-electron chi connectivity index (χ2n) is 5.43. The molecule has 1 aromatic rings. The van der Waals surface area contributed by atoms with Gasteiger partial charge in [0, 0.05) is 37.8 Å². The Morgan fingerprint density at radius 2 is 2.25 bits per heavy atom. The number of rotatable bonds is 5. The molecule has 112 valence electrons. The van der Waals surface area contributed by atoms with Crippen LogP contribution in [0.2, 0.25) is 0 Å². The number of hydrogen-bond acceptors (Lipinski definition) is 3. The molecule has 0 saturated carbocycles. The van der Waals surface area contributed by atoms with Crippen LogP contribution in [-0.4, -0.2) is 43.8 Å². The van der Waals surface area contributed by atoms with Crippen molar-refractivity contribution in [1.82, 2.24) is 10.2 Å². The van der Waals surface area contributed by atoms with Crippen LogP contribution in [0.4, 0.5) is 4.39 Å². The lowest BCUT2D eigenvalue weighted by atomic mass is 10.1. The minimum Gasteiger partial charge on any atom is -0.377 e. The van der Waals surface area contributed by atoms with Crippen LogP contribution in [0.25, 0.3) is 0 Å². The Morgan fingerprint density at radius 1 is 1.45 bits per heavy atom. The van der Waals surface area contributed by atoms with E-state index in [1.807, 2.05) is 12.1 Å². The zero-order valence-corrected chi connectivity index (χ0v) is 12.4. The highest BCUT2D eigenvalue weighted by atomic mass is 19.1. The Kier molecular flexibility index (Phi) is 5.95. The normalized spacial score (nSPS) is 22.4. The van der Waals surface area contributed by atoms with Gasteiger partial charge >= 0.3 is 0 Å². The number of nitrogens with one attached hydrogen (secondary N) is 1. The van der Waals surface area contributed by atoms with Crippen LogP contribution >= 0.6 is 0 Å². The van der Waals surface area contributed by atoms with E-state index >= 15 is 0 Å². The molecule has 0 radical (unpaired) electrons.